The second-order valence-corrected chi connectivity index (χ2v) is 3.67. The van der Waals surface area contributed by atoms with Crippen molar-refractivity contribution in [3.8, 4) is 0 Å². The highest BCUT2D eigenvalue weighted by molar-refractivity contribution is 5.69. The van der Waals surface area contributed by atoms with Crippen LogP contribution in [0.25, 0.3) is 5.57 Å². The molecule has 0 saturated carbocycles. The standard InChI is InChI=1S/C11H18N4/c1-7(6-8(2)13-12)11-9(3)14-15(5)10(11)4/h6,13H,2,12H2,1,3-5H3/b7-6-. The Bertz CT molecular complexity index is 412. The minimum absolute atomic E-state index is 0.690. The van der Waals surface area contributed by atoms with Gasteiger partial charge in [0.2, 0.25) is 0 Å². The molecule has 0 aromatic carbocycles. The van der Waals surface area contributed by atoms with Crippen molar-refractivity contribution in [2.75, 3.05) is 0 Å². The molecule has 0 atom stereocenters. The third-order valence-corrected chi connectivity index (χ3v) is 2.48. The largest absolute Gasteiger partial charge is 0.325 e. The van der Waals surface area contributed by atoms with Crippen molar-refractivity contribution in [3.63, 3.8) is 0 Å². The molecular weight excluding hydrogens is 188 g/mol. The molecule has 15 heavy (non-hydrogen) atoms. The molecule has 0 radical (unpaired) electrons. The van der Waals surface area contributed by atoms with Gasteiger partial charge in [0.1, 0.15) is 0 Å². The molecule has 0 aliphatic heterocycles. The lowest BCUT2D eigenvalue weighted by Gasteiger charge is -2.04. The molecule has 0 fully saturated rings. The number of allylic oxidation sites excluding steroid dienone is 2. The van der Waals surface area contributed by atoms with Gasteiger partial charge in [0.25, 0.3) is 0 Å². The van der Waals surface area contributed by atoms with E-state index in [-0.39, 0.29) is 0 Å². The maximum atomic E-state index is 5.26. The number of rotatable bonds is 3. The molecule has 1 aromatic rings. The molecule has 3 N–H and O–H groups in total. The normalized spacial score (nSPS) is 11.7. The maximum Gasteiger partial charge on any atom is 0.0671 e. The average Bonchev–Trinajstić information content (AvgIpc) is 2.41. The van der Waals surface area contributed by atoms with Gasteiger partial charge in [-0.25, -0.2) is 0 Å². The van der Waals surface area contributed by atoms with Crippen LogP contribution in [0.4, 0.5) is 0 Å². The van der Waals surface area contributed by atoms with Gasteiger partial charge in [-0.1, -0.05) is 6.58 Å². The SMILES string of the molecule is C=C(/C=C(/C)c1c(C)nn(C)c1C)NN. The molecule has 1 rings (SSSR count). The van der Waals surface area contributed by atoms with E-state index in [1.54, 1.807) is 0 Å². The Hall–Kier alpha value is -1.55. The molecule has 0 aliphatic rings. The second kappa shape index (κ2) is 4.31. The van der Waals surface area contributed by atoms with Crippen molar-refractivity contribution in [2.45, 2.75) is 20.8 Å². The van der Waals surface area contributed by atoms with Crippen molar-refractivity contribution in [2.24, 2.45) is 12.9 Å². The van der Waals surface area contributed by atoms with E-state index >= 15 is 0 Å². The zero-order valence-electron chi connectivity index (χ0n) is 9.76. The molecule has 4 heteroatoms. The van der Waals surface area contributed by atoms with Crippen LogP contribution in [-0.2, 0) is 7.05 Å². The highest BCUT2D eigenvalue weighted by Crippen LogP contribution is 2.22. The van der Waals surface area contributed by atoms with E-state index in [2.05, 4.69) is 17.1 Å². The summed E-state index contributed by atoms with van der Waals surface area (Å²) in [5.41, 5.74) is 7.64. The highest BCUT2D eigenvalue weighted by Gasteiger charge is 2.10. The van der Waals surface area contributed by atoms with E-state index < -0.39 is 0 Å². The van der Waals surface area contributed by atoms with E-state index in [0.29, 0.717) is 5.70 Å². The van der Waals surface area contributed by atoms with E-state index in [1.165, 1.54) is 0 Å². The molecule has 82 valence electrons. The number of aryl methyl sites for hydroxylation is 2. The van der Waals surface area contributed by atoms with Gasteiger partial charge in [0.15, 0.2) is 0 Å². The summed E-state index contributed by atoms with van der Waals surface area (Å²) in [6, 6.07) is 0. The number of hydrogen-bond donors (Lipinski definition) is 2. The molecule has 0 spiro atoms. The summed E-state index contributed by atoms with van der Waals surface area (Å²) < 4.78 is 1.88. The Labute approximate surface area is 90.4 Å². The summed E-state index contributed by atoms with van der Waals surface area (Å²) >= 11 is 0. The number of nitrogens with two attached hydrogens (primary N) is 1. The first-order chi connectivity index (χ1) is 6.97. The number of aromatic nitrogens is 2. The van der Waals surface area contributed by atoms with E-state index in [0.717, 1.165) is 22.5 Å². The topological polar surface area (TPSA) is 55.9 Å². The van der Waals surface area contributed by atoms with Crippen LogP contribution in [0, 0.1) is 13.8 Å². The molecule has 0 unspecified atom stereocenters. The number of nitrogens with zero attached hydrogens (tertiary/aromatic N) is 2. The number of hydrogen-bond acceptors (Lipinski definition) is 3. The molecule has 0 bridgehead atoms. The number of hydrazine groups is 1. The van der Waals surface area contributed by atoms with Crippen LogP contribution < -0.4 is 11.3 Å². The minimum Gasteiger partial charge on any atom is -0.325 e. The number of nitrogens with one attached hydrogen (secondary N) is 1. The van der Waals surface area contributed by atoms with Gasteiger partial charge >= 0.3 is 0 Å². The first-order valence-electron chi connectivity index (χ1n) is 4.81. The summed E-state index contributed by atoms with van der Waals surface area (Å²) in [5.74, 6) is 5.26. The summed E-state index contributed by atoms with van der Waals surface area (Å²) in [4.78, 5) is 0. The summed E-state index contributed by atoms with van der Waals surface area (Å²) in [5, 5.41) is 4.36. The third-order valence-electron chi connectivity index (χ3n) is 2.48. The lowest BCUT2D eigenvalue weighted by molar-refractivity contribution is 0.731. The van der Waals surface area contributed by atoms with Gasteiger partial charge in [-0.05, 0) is 32.4 Å². The predicted molar refractivity (Wildman–Crippen MR) is 62.8 cm³/mol. The van der Waals surface area contributed by atoms with Gasteiger partial charge < -0.3 is 5.43 Å². The average molecular weight is 206 g/mol. The van der Waals surface area contributed by atoms with Crippen LogP contribution in [0.3, 0.4) is 0 Å². The Morgan fingerprint density at radius 1 is 1.53 bits per heavy atom. The minimum atomic E-state index is 0.690. The Morgan fingerprint density at radius 3 is 2.53 bits per heavy atom. The fourth-order valence-electron chi connectivity index (χ4n) is 1.72. The molecule has 0 saturated heterocycles. The maximum absolute atomic E-state index is 5.26. The fourth-order valence-corrected chi connectivity index (χ4v) is 1.72. The summed E-state index contributed by atoms with van der Waals surface area (Å²) in [7, 11) is 1.94. The highest BCUT2D eigenvalue weighted by atomic mass is 15.3. The zero-order chi connectivity index (χ0) is 11.6. The van der Waals surface area contributed by atoms with Crippen LogP contribution >= 0.6 is 0 Å². The van der Waals surface area contributed by atoms with Gasteiger partial charge in [0, 0.05) is 24.0 Å². The predicted octanol–water partition coefficient (Wildman–Crippen LogP) is 1.42. The van der Waals surface area contributed by atoms with Crippen molar-refractivity contribution in [1.29, 1.82) is 0 Å². The molecule has 0 aliphatic carbocycles. The molecule has 1 heterocycles. The Kier molecular flexibility index (Phi) is 3.31. The summed E-state index contributed by atoms with van der Waals surface area (Å²) in [6.45, 7) is 9.84. The van der Waals surface area contributed by atoms with E-state index in [4.69, 9.17) is 5.84 Å². The van der Waals surface area contributed by atoms with Gasteiger partial charge in [0.05, 0.1) is 5.69 Å². The zero-order valence-corrected chi connectivity index (χ0v) is 9.76. The third kappa shape index (κ3) is 2.27. The van der Waals surface area contributed by atoms with Gasteiger partial charge in [-0.2, -0.15) is 5.10 Å². The Morgan fingerprint density at radius 2 is 2.13 bits per heavy atom. The Balaban J connectivity index is 3.16. The molecule has 4 nitrogen and oxygen atoms in total. The summed E-state index contributed by atoms with van der Waals surface area (Å²) in [6.07, 6.45) is 1.91. The van der Waals surface area contributed by atoms with Crippen LogP contribution in [-0.4, -0.2) is 9.78 Å². The van der Waals surface area contributed by atoms with E-state index in [9.17, 15) is 0 Å². The smallest absolute Gasteiger partial charge is 0.0671 e. The van der Waals surface area contributed by atoms with Crippen LogP contribution in [0.2, 0.25) is 0 Å². The quantitative estimate of drug-likeness (QED) is 0.447. The van der Waals surface area contributed by atoms with Crippen LogP contribution in [0.5, 0.6) is 0 Å². The van der Waals surface area contributed by atoms with Crippen LogP contribution in [0.15, 0.2) is 18.4 Å². The van der Waals surface area contributed by atoms with Crippen molar-refractivity contribution in [3.05, 3.63) is 35.3 Å². The lowest BCUT2D eigenvalue weighted by Crippen LogP contribution is -2.18. The van der Waals surface area contributed by atoms with Gasteiger partial charge in [-0.3, -0.25) is 10.5 Å². The first-order valence-corrected chi connectivity index (χ1v) is 4.81. The molecule has 1 aromatic heterocycles. The van der Waals surface area contributed by atoms with Gasteiger partial charge in [-0.15, -0.1) is 0 Å². The fraction of sp³-hybridized carbons (Fsp3) is 0.364. The van der Waals surface area contributed by atoms with Crippen LogP contribution in [0.1, 0.15) is 23.9 Å². The van der Waals surface area contributed by atoms with Crippen molar-refractivity contribution < 1.29 is 0 Å². The lowest BCUT2D eigenvalue weighted by atomic mass is 10.0. The van der Waals surface area contributed by atoms with E-state index in [1.807, 2.05) is 38.6 Å². The molecule has 0 amide bonds. The monoisotopic (exact) mass is 206 g/mol. The van der Waals surface area contributed by atoms with Crippen molar-refractivity contribution in [1.82, 2.24) is 15.2 Å². The second-order valence-electron chi connectivity index (χ2n) is 3.67. The van der Waals surface area contributed by atoms with Crippen molar-refractivity contribution >= 4 is 5.57 Å². The first kappa shape index (κ1) is 11.5. The molecular formula is C11H18N4.